The van der Waals surface area contributed by atoms with E-state index >= 15 is 0 Å². The number of para-hydroxylation sites is 1. The minimum absolute atomic E-state index is 0.00453. The number of rotatable bonds is 9. The monoisotopic (exact) mass is 507 g/mol. The number of ether oxygens (including phenoxy) is 2. The first-order valence-corrected chi connectivity index (χ1v) is 10.9. The summed E-state index contributed by atoms with van der Waals surface area (Å²) in [5.74, 6) is -0.725. The van der Waals surface area contributed by atoms with Crippen molar-refractivity contribution in [1.82, 2.24) is 4.98 Å². The summed E-state index contributed by atoms with van der Waals surface area (Å²) in [6.45, 7) is -0.402. The van der Waals surface area contributed by atoms with Crippen molar-refractivity contribution >= 4 is 64.2 Å². The number of amides is 1. The summed E-state index contributed by atoms with van der Waals surface area (Å²) in [6.07, 6.45) is 1.31. The lowest BCUT2D eigenvalue weighted by molar-refractivity contribution is -0.126. The fourth-order valence-electron chi connectivity index (χ4n) is 2.87. The summed E-state index contributed by atoms with van der Waals surface area (Å²) in [6, 6.07) is 8.15. The van der Waals surface area contributed by atoms with Crippen molar-refractivity contribution in [2.45, 2.75) is 6.10 Å². The van der Waals surface area contributed by atoms with Crippen LogP contribution in [0, 0.1) is 11.3 Å². The Labute approximate surface area is 205 Å². The number of benzene rings is 1. The van der Waals surface area contributed by atoms with Crippen LogP contribution in [0.15, 0.2) is 46.5 Å². The van der Waals surface area contributed by atoms with E-state index in [1.165, 1.54) is 6.20 Å². The molecule has 1 aromatic carbocycles. The summed E-state index contributed by atoms with van der Waals surface area (Å²) in [4.78, 5) is 25.4. The first-order chi connectivity index (χ1) is 16.4. The Morgan fingerprint density at radius 1 is 1.29 bits per heavy atom. The van der Waals surface area contributed by atoms with Crippen molar-refractivity contribution in [3.05, 3.63) is 46.6 Å². The number of nitrogen functional groups attached to an aromatic ring is 1. The van der Waals surface area contributed by atoms with E-state index in [1.807, 2.05) is 0 Å². The summed E-state index contributed by atoms with van der Waals surface area (Å²) >= 11 is 12.5. The molecular weight excluding hydrogens is 485 g/mol. The highest BCUT2D eigenvalue weighted by atomic mass is 35.5. The van der Waals surface area contributed by atoms with Crippen molar-refractivity contribution in [2.24, 2.45) is 15.9 Å². The molecule has 2 unspecified atom stereocenters. The van der Waals surface area contributed by atoms with Gasteiger partial charge in [0.05, 0.1) is 47.4 Å². The normalized spacial score (nSPS) is 16.1. The van der Waals surface area contributed by atoms with E-state index in [4.69, 9.17) is 48.9 Å². The molecule has 180 valence electrons. The maximum Gasteiger partial charge on any atom is 0.269 e. The van der Waals surface area contributed by atoms with Crippen molar-refractivity contribution < 1.29 is 19.4 Å². The number of anilines is 3. The largest absolute Gasteiger partial charge is 0.464 e. The van der Waals surface area contributed by atoms with Crippen LogP contribution >= 0.6 is 23.2 Å². The molecule has 1 aliphatic heterocycles. The minimum atomic E-state index is -1.16. The van der Waals surface area contributed by atoms with Crippen LogP contribution in [0.3, 0.4) is 0 Å². The Bertz CT molecular complexity index is 1060. The number of hydrogen-bond acceptors (Lipinski definition) is 10. The van der Waals surface area contributed by atoms with Crippen LogP contribution < -0.4 is 16.4 Å². The highest BCUT2D eigenvalue weighted by molar-refractivity contribution is 6.40. The summed E-state index contributed by atoms with van der Waals surface area (Å²) < 4.78 is 11.2. The van der Waals surface area contributed by atoms with Gasteiger partial charge in [0.2, 0.25) is 12.0 Å². The molecule has 0 radical (unpaired) electrons. The number of nitrogens with two attached hydrogens (primary N) is 1. The van der Waals surface area contributed by atoms with Crippen LogP contribution in [0.2, 0.25) is 10.0 Å². The molecule has 3 rings (SSSR count). The van der Waals surface area contributed by atoms with Gasteiger partial charge in [-0.15, -0.1) is 0 Å². The molecule has 2 aromatic rings. The highest BCUT2D eigenvalue weighted by Gasteiger charge is 2.31. The third kappa shape index (κ3) is 6.64. The van der Waals surface area contributed by atoms with Crippen LogP contribution in [0.5, 0.6) is 0 Å². The molecule has 13 heteroatoms. The predicted molar refractivity (Wildman–Crippen MR) is 132 cm³/mol. The number of aliphatic hydroxyl groups excluding tert-OH is 1. The molecule has 6 N–H and O–H groups in total. The van der Waals surface area contributed by atoms with Gasteiger partial charge in [-0.2, -0.15) is 0 Å². The van der Waals surface area contributed by atoms with Crippen molar-refractivity contribution in [3.8, 4) is 0 Å². The Kier molecular flexibility index (Phi) is 9.16. The first-order valence-electron chi connectivity index (χ1n) is 10.1. The van der Waals surface area contributed by atoms with E-state index in [0.29, 0.717) is 27.3 Å². The number of nitrogens with one attached hydrogen (secondary N) is 3. The van der Waals surface area contributed by atoms with Crippen molar-refractivity contribution in [3.63, 3.8) is 0 Å². The maximum atomic E-state index is 12.9. The van der Waals surface area contributed by atoms with Gasteiger partial charge in [-0.1, -0.05) is 29.3 Å². The van der Waals surface area contributed by atoms with Gasteiger partial charge in [-0.3, -0.25) is 4.79 Å². The molecule has 0 aliphatic carbocycles. The molecule has 0 spiro atoms. The average molecular weight is 508 g/mol. The fourth-order valence-corrected chi connectivity index (χ4v) is 3.36. The number of carbonyl (C=O) groups is 1. The molecule has 0 saturated carbocycles. The predicted octanol–water partition coefficient (Wildman–Crippen LogP) is 2.45. The molecule has 2 heterocycles. The van der Waals surface area contributed by atoms with E-state index in [2.05, 4.69) is 25.6 Å². The third-order valence-corrected chi connectivity index (χ3v) is 5.14. The second-order valence-electron chi connectivity index (χ2n) is 6.92. The zero-order chi connectivity index (χ0) is 24.5. The Morgan fingerprint density at radius 3 is 2.71 bits per heavy atom. The molecule has 2 atom stereocenters. The van der Waals surface area contributed by atoms with Crippen LogP contribution in [0.4, 0.5) is 17.2 Å². The van der Waals surface area contributed by atoms with Crippen LogP contribution in [0.25, 0.3) is 0 Å². The van der Waals surface area contributed by atoms with Gasteiger partial charge in [0, 0.05) is 6.21 Å². The Hall–Kier alpha value is -3.25. The third-order valence-electron chi connectivity index (χ3n) is 4.51. The number of halogens is 2. The maximum absolute atomic E-state index is 12.9. The molecule has 11 nitrogen and oxygen atoms in total. The lowest BCUT2D eigenvalue weighted by atomic mass is 10.1. The second-order valence-corrected chi connectivity index (χ2v) is 7.73. The quantitative estimate of drug-likeness (QED) is 0.256. The number of nitrogens with zero attached hydrogens (tertiary/aromatic N) is 3. The van der Waals surface area contributed by atoms with E-state index in [0.717, 1.165) is 6.21 Å². The van der Waals surface area contributed by atoms with Gasteiger partial charge in [0.1, 0.15) is 24.2 Å². The standard InChI is InChI=1S/C21H23Cl2N7O4/c22-14-2-1-3-15(23)18(14)30-19-13(8-24)21(28-11-27-19)34-16(10-33-7-6-31)20(32)29-17-5-4-12(25)9-26-17/h1-5,8-9,13,16,24,31H,6-7,10-11,25H2,(H,27,30)(H,26,29,32). The molecule has 0 fully saturated rings. The van der Waals surface area contributed by atoms with Gasteiger partial charge in [-0.05, 0) is 24.3 Å². The topological polar surface area (TPSA) is 167 Å². The van der Waals surface area contributed by atoms with Gasteiger partial charge in [-0.25, -0.2) is 15.0 Å². The lowest BCUT2D eigenvalue weighted by Gasteiger charge is -2.26. The van der Waals surface area contributed by atoms with E-state index < -0.39 is 17.9 Å². The van der Waals surface area contributed by atoms with Crippen LogP contribution in [-0.2, 0) is 14.3 Å². The van der Waals surface area contributed by atoms with Crippen molar-refractivity contribution in [1.29, 1.82) is 5.41 Å². The summed E-state index contributed by atoms with van der Waals surface area (Å²) in [7, 11) is 0. The van der Waals surface area contributed by atoms with Gasteiger partial charge < -0.3 is 36.4 Å². The zero-order valence-corrected chi connectivity index (χ0v) is 19.4. The fraction of sp³-hybridized carbons (Fsp3) is 0.286. The molecule has 1 amide bonds. The number of amidine groups is 1. The van der Waals surface area contributed by atoms with E-state index in [9.17, 15) is 4.79 Å². The van der Waals surface area contributed by atoms with Gasteiger partial charge >= 0.3 is 0 Å². The van der Waals surface area contributed by atoms with Crippen molar-refractivity contribution in [2.75, 3.05) is 42.9 Å². The summed E-state index contributed by atoms with van der Waals surface area (Å²) in [5.41, 5.74) is 6.49. The second kappa shape index (κ2) is 12.3. The molecule has 34 heavy (non-hydrogen) atoms. The minimum Gasteiger partial charge on any atom is -0.464 e. The Morgan fingerprint density at radius 2 is 2.06 bits per heavy atom. The number of aromatic nitrogens is 1. The lowest BCUT2D eigenvalue weighted by Crippen LogP contribution is -2.42. The molecule has 1 aliphatic rings. The molecular formula is C21H23Cl2N7O4. The molecule has 0 bridgehead atoms. The van der Waals surface area contributed by atoms with Crippen LogP contribution in [-0.4, -0.2) is 66.5 Å². The summed E-state index contributed by atoms with van der Waals surface area (Å²) in [5, 5.41) is 23.3. The number of carbonyl (C=O) groups excluding carboxylic acids is 1. The smallest absolute Gasteiger partial charge is 0.269 e. The number of aliphatic hydroxyl groups is 1. The average Bonchev–Trinajstić information content (AvgIpc) is 2.82. The van der Waals surface area contributed by atoms with Gasteiger partial charge in [0.25, 0.3) is 5.91 Å². The highest BCUT2D eigenvalue weighted by Crippen LogP contribution is 2.30. The van der Waals surface area contributed by atoms with Gasteiger partial charge in [0.15, 0.2) is 0 Å². The number of hydrogen-bond donors (Lipinski definition) is 5. The number of aliphatic imine (C=N–C) groups is 2. The Balaban J connectivity index is 1.76. The zero-order valence-electron chi connectivity index (χ0n) is 17.9. The molecule has 1 aromatic heterocycles. The number of pyridine rings is 1. The van der Waals surface area contributed by atoms with E-state index in [1.54, 1.807) is 30.3 Å². The molecule has 0 saturated heterocycles. The van der Waals surface area contributed by atoms with E-state index in [-0.39, 0.29) is 38.2 Å². The van der Waals surface area contributed by atoms with Crippen LogP contribution in [0.1, 0.15) is 0 Å². The SMILES string of the molecule is N=CC1C(Nc2c(Cl)cccc2Cl)=NCN=C1OC(COCCO)C(=O)Nc1ccc(N)cn1. The first kappa shape index (κ1) is 25.4.